The molecule has 1 aliphatic rings. The topological polar surface area (TPSA) is 94.9 Å². The van der Waals surface area contributed by atoms with E-state index >= 15 is 0 Å². The summed E-state index contributed by atoms with van der Waals surface area (Å²) in [6.45, 7) is 4.16. The van der Waals surface area contributed by atoms with Gasteiger partial charge >= 0.3 is 0 Å². The molecule has 0 spiro atoms. The third kappa shape index (κ3) is 4.47. The van der Waals surface area contributed by atoms with Gasteiger partial charge in [0.25, 0.3) is 5.56 Å². The molecule has 0 bridgehead atoms. The minimum absolute atomic E-state index is 0.0674. The Balaban J connectivity index is 1.50. The minimum Gasteiger partial charge on any atom is -0.341 e. The van der Waals surface area contributed by atoms with Crippen molar-refractivity contribution in [2.75, 3.05) is 18.0 Å². The maximum Gasteiger partial charge on any atom is 0.293 e. The third-order valence-electron chi connectivity index (χ3n) is 7.00. The van der Waals surface area contributed by atoms with Gasteiger partial charge < -0.3 is 15.2 Å². The molecular formula is C28H28ClN7O. The molecule has 0 amide bonds. The van der Waals surface area contributed by atoms with Crippen molar-refractivity contribution >= 4 is 39.4 Å². The Labute approximate surface area is 219 Å². The number of nitrogens with two attached hydrogens (primary N) is 1. The molecule has 188 valence electrons. The summed E-state index contributed by atoms with van der Waals surface area (Å²) in [6, 6.07) is 17.9. The van der Waals surface area contributed by atoms with Gasteiger partial charge in [0.15, 0.2) is 0 Å². The predicted octanol–water partition coefficient (Wildman–Crippen LogP) is 4.13. The highest BCUT2D eigenvalue weighted by molar-refractivity contribution is 6.31. The van der Waals surface area contributed by atoms with Gasteiger partial charge in [-0.25, -0.2) is 9.67 Å². The SMILES string of the molecule is Cc1cc2ccccc2c(Cn2ncc3nc(N4CCCC(N)C4)n(Cc4ccccc4Cl)c3c2=O)n1. The molecule has 1 saturated heterocycles. The number of fused-ring (bicyclic) bond motifs is 2. The smallest absolute Gasteiger partial charge is 0.293 e. The summed E-state index contributed by atoms with van der Waals surface area (Å²) in [6.07, 6.45) is 3.63. The van der Waals surface area contributed by atoms with Crippen molar-refractivity contribution in [1.82, 2.24) is 24.3 Å². The molecule has 37 heavy (non-hydrogen) atoms. The summed E-state index contributed by atoms with van der Waals surface area (Å²) >= 11 is 6.53. The first-order valence-corrected chi connectivity index (χ1v) is 12.9. The van der Waals surface area contributed by atoms with Gasteiger partial charge in [-0.05, 0) is 42.8 Å². The summed E-state index contributed by atoms with van der Waals surface area (Å²) in [7, 11) is 0. The fourth-order valence-corrected chi connectivity index (χ4v) is 5.44. The molecule has 3 aromatic heterocycles. The van der Waals surface area contributed by atoms with E-state index in [4.69, 9.17) is 27.3 Å². The second kappa shape index (κ2) is 9.61. The highest BCUT2D eigenvalue weighted by atomic mass is 35.5. The van der Waals surface area contributed by atoms with E-state index in [9.17, 15) is 4.79 Å². The number of pyridine rings is 1. The lowest BCUT2D eigenvalue weighted by Gasteiger charge is -2.32. The Morgan fingerprint density at radius 3 is 2.73 bits per heavy atom. The van der Waals surface area contributed by atoms with Crippen LogP contribution in [0.5, 0.6) is 0 Å². The van der Waals surface area contributed by atoms with Crippen LogP contribution in [0.15, 0.2) is 65.6 Å². The molecular weight excluding hydrogens is 486 g/mol. The highest BCUT2D eigenvalue weighted by Crippen LogP contribution is 2.26. The lowest BCUT2D eigenvalue weighted by atomic mass is 10.1. The van der Waals surface area contributed by atoms with Gasteiger partial charge in [0.05, 0.1) is 25.0 Å². The molecule has 2 N–H and O–H groups in total. The zero-order chi connectivity index (χ0) is 25.5. The van der Waals surface area contributed by atoms with E-state index in [0.717, 1.165) is 53.1 Å². The Morgan fingerprint density at radius 1 is 1.08 bits per heavy atom. The summed E-state index contributed by atoms with van der Waals surface area (Å²) < 4.78 is 3.45. The van der Waals surface area contributed by atoms with Gasteiger partial charge in [0, 0.05) is 35.2 Å². The van der Waals surface area contributed by atoms with Crippen molar-refractivity contribution in [2.45, 2.75) is 38.9 Å². The summed E-state index contributed by atoms with van der Waals surface area (Å²) in [5.41, 5.74) is 9.77. The van der Waals surface area contributed by atoms with Crippen molar-refractivity contribution < 1.29 is 0 Å². The van der Waals surface area contributed by atoms with Crippen molar-refractivity contribution in [3.05, 3.63) is 93.1 Å². The first-order valence-electron chi connectivity index (χ1n) is 12.5. The molecule has 5 aromatic rings. The molecule has 8 nitrogen and oxygen atoms in total. The molecule has 0 aliphatic carbocycles. The fraction of sp³-hybridized carbons (Fsp3) is 0.286. The van der Waals surface area contributed by atoms with Crippen molar-refractivity contribution in [1.29, 1.82) is 0 Å². The Morgan fingerprint density at radius 2 is 1.89 bits per heavy atom. The van der Waals surface area contributed by atoms with Gasteiger partial charge in [-0.3, -0.25) is 9.78 Å². The van der Waals surface area contributed by atoms with E-state index < -0.39 is 0 Å². The van der Waals surface area contributed by atoms with Crippen LogP contribution in [-0.2, 0) is 13.1 Å². The molecule has 6 rings (SSSR count). The fourth-order valence-electron chi connectivity index (χ4n) is 5.24. The van der Waals surface area contributed by atoms with Crippen LogP contribution in [0.4, 0.5) is 5.95 Å². The molecule has 0 radical (unpaired) electrons. The third-order valence-corrected chi connectivity index (χ3v) is 7.37. The first kappa shape index (κ1) is 23.6. The van der Waals surface area contributed by atoms with E-state index in [2.05, 4.69) is 16.1 Å². The lowest BCUT2D eigenvalue weighted by molar-refractivity contribution is 0.495. The zero-order valence-corrected chi connectivity index (χ0v) is 21.4. The van der Waals surface area contributed by atoms with Crippen LogP contribution in [0.3, 0.4) is 0 Å². The summed E-state index contributed by atoms with van der Waals surface area (Å²) in [5, 5.41) is 7.24. The Hall–Kier alpha value is -3.75. The van der Waals surface area contributed by atoms with Crippen LogP contribution in [-0.4, -0.2) is 43.4 Å². The van der Waals surface area contributed by atoms with E-state index in [-0.39, 0.29) is 18.1 Å². The maximum atomic E-state index is 13.9. The molecule has 2 aromatic carbocycles. The number of benzene rings is 2. The number of nitrogens with zero attached hydrogens (tertiary/aromatic N) is 6. The Kier molecular flexibility index (Phi) is 6.14. The molecule has 4 heterocycles. The molecule has 1 fully saturated rings. The van der Waals surface area contributed by atoms with Crippen LogP contribution in [0, 0.1) is 6.92 Å². The normalized spacial score (nSPS) is 16.1. The van der Waals surface area contributed by atoms with Gasteiger partial charge in [-0.1, -0.05) is 54.1 Å². The van der Waals surface area contributed by atoms with E-state index in [1.807, 2.05) is 60.0 Å². The molecule has 1 atom stereocenters. The van der Waals surface area contributed by atoms with E-state index in [0.29, 0.717) is 29.1 Å². The van der Waals surface area contributed by atoms with E-state index in [1.165, 1.54) is 4.68 Å². The van der Waals surface area contributed by atoms with Gasteiger partial charge in [0.1, 0.15) is 11.0 Å². The average molecular weight is 514 g/mol. The molecule has 9 heteroatoms. The summed E-state index contributed by atoms with van der Waals surface area (Å²) in [4.78, 5) is 25.7. The van der Waals surface area contributed by atoms with Crippen LogP contribution < -0.4 is 16.2 Å². The zero-order valence-electron chi connectivity index (χ0n) is 20.6. The highest BCUT2D eigenvalue weighted by Gasteiger charge is 2.25. The number of anilines is 1. The van der Waals surface area contributed by atoms with Gasteiger partial charge in [-0.15, -0.1) is 0 Å². The second-order valence-corrected chi connectivity index (χ2v) is 10.1. The minimum atomic E-state index is -0.211. The maximum absolute atomic E-state index is 13.9. The predicted molar refractivity (Wildman–Crippen MR) is 147 cm³/mol. The average Bonchev–Trinajstić information content (AvgIpc) is 3.26. The summed E-state index contributed by atoms with van der Waals surface area (Å²) in [5.74, 6) is 0.723. The van der Waals surface area contributed by atoms with Crippen molar-refractivity contribution in [3.63, 3.8) is 0 Å². The number of aromatic nitrogens is 5. The van der Waals surface area contributed by atoms with Crippen molar-refractivity contribution in [3.8, 4) is 0 Å². The molecule has 0 saturated carbocycles. The lowest BCUT2D eigenvalue weighted by Crippen LogP contribution is -2.44. The number of halogens is 1. The Bertz CT molecular complexity index is 1680. The molecule has 1 aliphatic heterocycles. The standard InChI is InChI=1S/C28H28ClN7O/c1-18-13-19-7-2-4-10-22(19)25(32-18)17-36-27(37)26-24(14-31-36)33-28(34-12-6-9-21(30)16-34)35(26)15-20-8-3-5-11-23(20)29/h2-5,7-8,10-11,13-14,21H,6,9,12,15-17,30H2,1H3. The van der Waals surface area contributed by atoms with Crippen LogP contribution in [0.1, 0.15) is 29.8 Å². The number of imidazole rings is 1. The largest absolute Gasteiger partial charge is 0.341 e. The number of piperidine rings is 1. The van der Waals surface area contributed by atoms with E-state index in [1.54, 1.807) is 6.20 Å². The van der Waals surface area contributed by atoms with Gasteiger partial charge in [-0.2, -0.15) is 5.10 Å². The number of hydrogen-bond acceptors (Lipinski definition) is 6. The van der Waals surface area contributed by atoms with Crippen molar-refractivity contribution in [2.24, 2.45) is 5.73 Å². The monoisotopic (exact) mass is 513 g/mol. The molecule has 1 unspecified atom stereocenters. The number of rotatable bonds is 5. The first-order chi connectivity index (χ1) is 18.0. The number of hydrogen-bond donors (Lipinski definition) is 1. The van der Waals surface area contributed by atoms with Crippen LogP contribution >= 0.6 is 11.6 Å². The number of aryl methyl sites for hydroxylation is 1. The second-order valence-electron chi connectivity index (χ2n) is 9.71. The van der Waals surface area contributed by atoms with Crippen LogP contribution in [0.2, 0.25) is 5.02 Å². The van der Waals surface area contributed by atoms with Crippen LogP contribution in [0.25, 0.3) is 21.8 Å². The quantitative estimate of drug-likeness (QED) is 0.380. The van der Waals surface area contributed by atoms with Gasteiger partial charge in [0.2, 0.25) is 5.95 Å².